The first kappa shape index (κ1) is 53.1. The van der Waals surface area contributed by atoms with E-state index < -0.39 is 52.2 Å². The Morgan fingerprint density at radius 3 is 2.26 bits per heavy atom. The number of nitriles is 1. The number of thiocarbonyl (C=S) groups is 1. The van der Waals surface area contributed by atoms with E-state index in [1.807, 2.05) is 64.4 Å². The van der Waals surface area contributed by atoms with Crippen molar-refractivity contribution in [3.05, 3.63) is 107 Å². The maximum absolute atomic E-state index is 14.1. The number of benzene rings is 2. The number of thiazole rings is 1. The molecular weight excluding hydrogens is 994 g/mol. The van der Waals surface area contributed by atoms with Crippen LogP contribution in [0.3, 0.4) is 0 Å². The number of halogens is 3. The minimum absolute atomic E-state index is 0.0231. The van der Waals surface area contributed by atoms with Gasteiger partial charge in [0, 0.05) is 38.5 Å². The molecule has 0 aliphatic carbocycles. The molecule has 3 atom stereocenters. The number of hydrogen-bond acceptors (Lipinski definition) is 13. The van der Waals surface area contributed by atoms with Gasteiger partial charge in [0.1, 0.15) is 35.3 Å². The number of pyridine rings is 2. The fourth-order valence-electron chi connectivity index (χ4n) is 9.42. The highest BCUT2D eigenvalue weighted by molar-refractivity contribution is 7.81. The summed E-state index contributed by atoms with van der Waals surface area (Å²) in [6.07, 6.45) is 0.545. The Bertz CT molecular complexity index is 2950. The van der Waals surface area contributed by atoms with Gasteiger partial charge < -0.3 is 34.8 Å². The second kappa shape index (κ2) is 21.3. The summed E-state index contributed by atoms with van der Waals surface area (Å²) in [6, 6.07) is 17.6. The maximum Gasteiger partial charge on any atom is 0.417 e. The zero-order valence-corrected chi connectivity index (χ0v) is 43.7. The third-order valence-electron chi connectivity index (χ3n) is 13.5. The van der Waals surface area contributed by atoms with Crippen LogP contribution in [-0.2, 0) is 25.4 Å². The van der Waals surface area contributed by atoms with Gasteiger partial charge in [-0.15, -0.1) is 11.3 Å². The molecule has 3 fully saturated rings. The van der Waals surface area contributed by atoms with Gasteiger partial charge in [-0.1, -0.05) is 45.0 Å². The number of piperidine rings is 1. The highest BCUT2D eigenvalue weighted by atomic mass is 32.1. The molecule has 21 heteroatoms. The number of amides is 4. The van der Waals surface area contributed by atoms with Crippen LogP contribution in [0, 0.1) is 23.7 Å². The quantitative estimate of drug-likeness (QED) is 0.101. The molecule has 3 saturated heterocycles. The third kappa shape index (κ3) is 11.3. The van der Waals surface area contributed by atoms with Crippen LogP contribution in [0.4, 0.5) is 30.4 Å². The predicted octanol–water partition coefficient (Wildman–Crippen LogP) is 8.54. The number of nitrogens with zero attached hydrogens (tertiary/aromatic N) is 8. The molecule has 5 aromatic rings. The molecule has 2 aromatic carbocycles. The van der Waals surface area contributed by atoms with Gasteiger partial charge in [-0.2, -0.15) is 18.4 Å². The summed E-state index contributed by atoms with van der Waals surface area (Å²) in [7, 11) is 0. The average Bonchev–Trinajstić information content (AvgIpc) is 4.08. The number of aryl methyl sites for hydroxylation is 1. The molecule has 8 rings (SSSR count). The zero-order chi connectivity index (χ0) is 53.3. The molecule has 0 spiro atoms. The van der Waals surface area contributed by atoms with Gasteiger partial charge in [-0.05, 0) is 106 Å². The van der Waals surface area contributed by atoms with Gasteiger partial charge >= 0.3 is 6.18 Å². The second-order valence-corrected chi connectivity index (χ2v) is 21.4. The molecule has 388 valence electrons. The summed E-state index contributed by atoms with van der Waals surface area (Å²) < 4.78 is 53.4. The number of anilines is 3. The van der Waals surface area contributed by atoms with Gasteiger partial charge in [0.2, 0.25) is 17.7 Å². The number of rotatable bonds is 14. The number of carbonyl (C=O) groups is 4. The van der Waals surface area contributed by atoms with Gasteiger partial charge in [-0.25, -0.2) is 15.0 Å². The summed E-state index contributed by atoms with van der Waals surface area (Å²) in [5.74, 6) is -0.231. The SMILES string of the molecule is Cc1ncsc1-c1ccc([C@H](C)NC(=O)[C@@H]2CCCN2C(=O)C(NC(=O)COc2ccc(OC3CCN(c4ccc(N5C(=S)N(c6ccc(C#N)c(C(F)(F)F)c6)C(=O)C5(C)C)cn4)CC3)nc2)C(C)(C)C)cc1. The van der Waals surface area contributed by atoms with Gasteiger partial charge in [0.05, 0.1) is 63.1 Å². The first-order valence-electron chi connectivity index (χ1n) is 24.2. The molecule has 74 heavy (non-hydrogen) atoms. The normalized spacial score (nSPS) is 18.0. The molecule has 16 nitrogen and oxygen atoms in total. The van der Waals surface area contributed by atoms with Crippen molar-refractivity contribution in [2.75, 3.05) is 40.9 Å². The zero-order valence-electron chi connectivity index (χ0n) is 42.0. The molecule has 0 bridgehead atoms. The van der Waals surface area contributed by atoms with Gasteiger partial charge in [0.15, 0.2) is 11.7 Å². The Kier molecular flexibility index (Phi) is 15.3. The van der Waals surface area contributed by atoms with Crippen molar-refractivity contribution in [2.24, 2.45) is 5.41 Å². The molecule has 2 N–H and O–H groups in total. The molecule has 1 unspecified atom stereocenters. The van der Waals surface area contributed by atoms with Crippen molar-refractivity contribution in [3.8, 4) is 28.1 Å². The Hall–Kier alpha value is -7.18. The number of alkyl halides is 3. The minimum Gasteiger partial charge on any atom is -0.482 e. The Balaban J connectivity index is 0.798. The molecule has 6 heterocycles. The predicted molar refractivity (Wildman–Crippen MR) is 278 cm³/mol. The number of carbonyl (C=O) groups excluding carboxylic acids is 4. The average molecular weight is 1050 g/mol. The van der Waals surface area contributed by atoms with E-state index in [2.05, 4.69) is 30.5 Å². The van der Waals surface area contributed by atoms with Crippen LogP contribution >= 0.6 is 23.6 Å². The molecule has 3 aliphatic rings. The summed E-state index contributed by atoms with van der Waals surface area (Å²) in [6.45, 7) is 14.0. The highest BCUT2D eigenvalue weighted by Gasteiger charge is 2.51. The summed E-state index contributed by atoms with van der Waals surface area (Å²) in [5, 5.41) is 15.2. The van der Waals surface area contributed by atoms with Crippen molar-refractivity contribution < 1.29 is 41.8 Å². The van der Waals surface area contributed by atoms with E-state index in [-0.39, 0.29) is 41.4 Å². The standard InChI is InChI=1S/C53H57F3N10O6S2/c1-31(33-10-12-34(13-11-33)45-32(2)60-30-74-45)61-47(68)41-9-8-22-64(41)48(69)46(51(3,4)5)62-43(67)29-71-39-17-19-44(59-28-39)72-38-20-23-63(24-21-38)42-18-16-37(27-58-42)66-50(73)65(49(70)52(66,6)7)36-15-14-35(26-57)40(25-36)53(54,55)56/h10-19,25,27-28,30-31,38,41,46H,8-9,20-24,29H2,1-7H3,(H,61,68)(H,62,67)/t31-,41-,46?/m0/s1. The van der Waals surface area contributed by atoms with Crippen LogP contribution in [0.2, 0.25) is 0 Å². The summed E-state index contributed by atoms with van der Waals surface area (Å²) >= 11 is 7.25. The number of hydrogen-bond donors (Lipinski definition) is 2. The van der Waals surface area contributed by atoms with Crippen LogP contribution in [-0.4, -0.2) is 98.6 Å². The highest BCUT2D eigenvalue weighted by Crippen LogP contribution is 2.40. The summed E-state index contributed by atoms with van der Waals surface area (Å²) in [5.41, 5.74) is 1.51. The van der Waals surface area contributed by atoms with Crippen LogP contribution in [0.5, 0.6) is 11.6 Å². The van der Waals surface area contributed by atoms with Crippen LogP contribution in [0.15, 0.2) is 84.6 Å². The lowest BCUT2D eigenvalue weighted by atomic mass is 9.85. The van der Waals surface area contributed by atoms with Crippen molar-refractivity contribution >= 4 is 69.5 Å². The van der Waals surface area contributed by atoms with Crippen molar-refractivity contribution in [1.82, 2.24) is 30.5 Å². The second-order valence-electron chi connectivity index (χ2n) is 20.1. The first-order chi connectivity index (χ1) is 35.0. The van der Waals surface area contributed by atoms with Crippen molar-refractivity contribution in [3.63, 3.8) is 0 Å². The van der Waals surface area contributed by atoms with Crippen molar-refractivity contribution in [2.45, 2.75) is 110 Å². The Morgan fingerprint density at radius 1 is 0.932 bits per heavy atom. The lowest BCUT2D eigenvalue weighted by molar-refractivity contribution is -0.144. The van der Waals surface area contributed by atoms with E-state index in [1.54, 1.807) is 71.5 Å². The fourth-order valence-corrected chi connectivity index (χ4v) is 10.8. The van der Waals surface area contributed by atoms with E-state index in [1.165, 1.54) is 12.3 Å². The first-order valence-corrected chi connectivity index (χ1v) is 25.5. The lowest BCUT2D eigenvalue weighted by Gasteiger charge is -2.35. The molecule has 3 aromatic heterocycles. The number of aromatic nitrogens is 3. The minimum atomic E-state index is -4.81. The van der Waals surface area contributed by atoms with Crippen LogP contribution in [0.25, 0.3) is 10.4 Å². The van der Waals surface area contributed by atoms with E-state index in [0.29, 0.717) is 68.5 Å². The topological polar surface area (TPSA) is 186 Å². The Labute approximate surface area is 436 Å². The van der Waals surface area contributed by atoms with Gasteiger partial charge in [-0.3, -0.25) is 24.1 Å². The fraction of sp³-hybridized carbons (Fsp3) is 0.415. The monoisotopic (exact) mass is 1050 g/mol. The third-order valence-corrected chi connectivity index (χ3v) is 14.9. The van der Waals surface area contributed by atoms with Crippen LogP contribution in [0.1, 0.15) is 95.7 Å². The van der Waals surface area contributed by atoms with E-state index in [0.717, 1.165) is 38.7 Å². The van der Waals surface area contributed by atoms with E-state index >= 15 is 0 Å². The number of likely N-dealkylation sites (tertiary alicyclic amines) is 1. The van der Waals surface area contributed by atoms with E-state index in [4.69, 9.17) is 21.7 Å². The van der Waals surface area contributed by atoms with Crippen molar-refractivity contribution in [1.29, 1.82) is 5.26 Å². The van der Waals surface area contributed by atoms with Gasteiger partial charge in [0.25, 0.3) is 11.8 Å². The number of ether oxygens (including phenoxy) is 2. The van der Waals surface area contributed by atoms with E-state index in [9.17, 15) is 37.6 Å². The Morgan fingerprint density at radius 2 is 1.65 bits per heavy atom. The molecule has 3 aliphatic heterocycles. The molecule has 4 amide bonds. The molecule has 0 radical (unpaired) electrons. The lowest BCUT2D eigenvalue weighted by Crippen LogP contribution is -2.58. The van der Waals surface area contributed by atoms with Crippen LogP contribution < -0.4 is 34.8 Å². The summed E-state index contributed by atoms with van der Waals surface area (Å²) in [4.78, 5) is 75.6. The maximum atomic E-state index is 14.1. The molecule has 0 saturated carbocycles. The smallest absolute Gasteiger partial charge is 0.417 e. The largest absolute Gasteiger partial charge is 0.482 e. The molecular formula is C53H57F3N10O6S2. The number of nitrogens with one attached hydrogen (secondary N) is 2.